The van der Waals surface area contributed by atoms with Gasteiger partial charge in [-0.2, -0.15) is 0 Å². The molecule has 154 valence electrons. The number of nitrogens with zero attached hydrogens (tertiary/aromatic N) is 1. The number of rotatable bonds is 6. The van der Waals surface area contributed by atoms with Crippen LogP contribution in [0.25, 0.3) is 0 Å². The summed E-state index contributed by atoms with van der Waals surface area (Å²) in [6.45, 7) is 2.41. The van der Waals surface area contributed by atoms with Crippen LogP contribution in [0.2, 0.25) is 0 Å². The predicted molar refractivity (Wildman–Crippen MR) is 119 cm³/mol. The van der Waals surface area contributed by atoms with E-state index in [0.717, 1.165) is 42.6 Å². The summed E-state index contributed by atoms with van der Waals surface area (Å²) < 4.78 is 7.07. The molecule has 5 rings (SSSR count). The lowest BCUT2D eigenvalue weighted by Crippen LogP contribution is -2.46. The summed E-state index contributed by atoms with van der Waals surface area (Å²) in [5.41, 5.74) is 2.62. The third-order valence-electron chi connectivity index (χ3n) is 6.89. The van der Waals surface area contributed by atoms with Crippen molar-refractivity contribution in [3.05, 3.63) is 108 Å². The van der Waals surface area contributed by atoms with Crippen LogP contribution in [0.5, 0.6) is 0 Å². The Hall–Kier alpha value is -2.46. The molecular weight excluding hydrogens is 370 g/mol. The molecule has 3 heteroatoms. The zero-order valence-corrected chi connectivity index (χ0v) is 17.3. The van der Waals surface area contributed by atoms with Gasteiger partial charge < -0.3 is 9.84 Å². The Bertz CT molecular complexity index is 863. The van der Waals surface area contributed by atoms with Crippen LogP contribution in [0, 0.1) is 0 Å². The van der Waals surface area contributed by atoms with E-state index in [9.17, 15) is 5.11 Å². The molecule has 2 heterocycles. The Morgan fingerprint density at radius 3 is 1.83 bits per heavy atom. The van der Waals surface area contributed by atoms with Crippen molar-refractivity contribution in [2.45, 2.75) is 36.5 Å². The fourth-order valence-electron chi connectivity index (χ4n) is 5.50. The zero-order valence-electron chi connectivity index (χ0n) is 17.3. The van der Waals surface area contributed by atoms with Gasteiger partial charge >= 0.3 is 0 Å². The van der Waals surface area contributed by atoms with Crippen molar-refractivity contribution in [2.75, 3.05) is 19.7 Å². The monoisotopic (exact) mass is 399 g/mol. The molecule has 2 atom stereocenters. The van der Waals surface area contributed by atoms with E-state index in [2.05, 4.69) is 95.9 Å². The van der Waals surface area contributed by atoms with Crippen LogP contribution in [0.4, 0.5) is 0 Å². The maximum Gasteiger partial charge on any atom is 0.143 e. The molecule has 0 aliphatic carbocycles. The normalized spacial score (nSPS) is 24.1. The number of hydrogen-bond acceptors (Lipinski definition) is 3. The maximum atomic E-state index is 10.4. The molecule has 0 spiro atoms. The molecule has 1 unspecified atom stereocenters. The van der Waals surface area contributed by atoms with E-state index >= 15 is 0 Å². The van der Waals surface area contributed by atoms with Gasteiger partial charge in [0.1, 0.15) is 5.60 Å². The Balaban J connectivity index is 1.63. The minimum atomic E-state index is -0.694. The van der Waals surface area contributed by atoms with Crippen LogP contribution in [-0.2, 0) is 10.3 Å². The second-order valence-electron chi connectivity index (χ2n) is 8.70. The highest BCUT2D eigenvalue weighted by atomic mass is 16.5. The number of aliphatic hydroxyl groups is 1. The van der Waals surface area contributed by atoms with E-state index in [1.54, 1.807) is 0 Å². The third-order valence-corrected chi connectivity index (χ3v) is 6.89. The lowest BCUT2D eigenvalue weighted by Gasteiger charge is -2.40. The van der Waals surface area contributed by atoms with Gasteiger partial charge in [0, 0.05) is 12.1 Å². The zero-order chi connectivity index (χ0) is 20.4. The minimum absolute atomic E-state index is 0.0665. The van der Waals surface area contributed by atoms with Crippen molar-refractivity contribution in [1.82, 2.24) is 4.90 Å². The van der Waals surface area contributed by atoms with Crippen molar-refractivity contribution in [3.8, 4) is 0 Å². The smallest absolute Gasteiger partial charge is 0.143 e. The summed E-state index contributed by atoms with van der Waals surface area (Å²) >= 11 is 0. The summed E-state index contributed by atoms with van der Waals surface area (Å²) in [7, 11) is 0. The SMILES string of the molecule is O[C@@H]1CN2CCCC2(COC(c2ccccc2)(c2ccccc2)c2ccccc2)C1. The van der Waals surface area contributed by atoms with E-state index in [0.29, 0.717) is 6.61 Å². The van der Waals surface area contributed by atoms with Crippen LogP contribution in [0.15, 0.2) is 91.0 Å². The molecule has 30 heavy (non-hydrogen) atoms. The molecule has 0 bridgehead atoms. The van der Waals surface area contributed by atoms with Crippen molar-refractivity contribution in [2.24, 2.45) is 0 Å². The molecule has 3 nitrogen and oxygen atoms in total. The predicted octanol–water partition coefficient (Wildman–Crippen LogP) is 4.59. The Labute approximate surface area is 178 Å². The fourth-order valence-corrected chi connectivity index (χ4v) is 5.50. The number of ether oxygens (including phenoxy) is 1. The summed E-state index contributed by atoms with van der Waals surface area (Å²) in [5.74, 6) is 0. The molecule has 3 aromatic carbocycles. The molecule has 2 aliphatic heterocycles. The lowest BCUT2D eigenvalue weighted by atomic mass is 9.79. The van der Waals surface area contributed by atoms with E-state index in [1.165, 1.54) is 6.42 Å². The number of benzene rings is 3. The van der Waals surface area contributed by atoms with E-state index in [-0.39, 0.29) is 11.6 Å². The second-order valence-corrected chi connectivity index (χ2v) is 8.70. The number of fused-ring (bicyclic) bond motifs is 1. The standard InChI is InChI=1S/C27H29NO2/c29-25-19-26(17-10-18-28(26)20-25)21-30-27(22-11-4-1-5-12-22,23-13-6-2-7-14-23)24-15-8-3-9-16-24/h1-9,11-16,25,29H,10,17-21H2/t25-,26?/m0/s1. The minimum Gasteiger partial charge on any atom is -0.392 e. The molecule has 0 aromatic heterocycles. The van der Waals surface area contributed by atoms with Crippen LogP contribution in [-0.4, -0.2) is 41.3 Å². The quantitative estimate of drug-likeness (QED) is 0.615. The van der Waals surface area contributed by atoms with Crippen molar-refractivity contribution < 1.29 is 9.84 Å². The molecule has 2 saturated heterocycles. The summed E-state index contributed by atoms with van der Waals surface area (Å²) in [6, 6.07) is 31.6. The number of hydrogen-bond donors (Lipinski definition) is 1. The first kappa shape index (κ1) is 19.5. The first-order valence-electron chi connectivity index (χ1n) is 11.0. The topological polar surface area (TPSA) is 32.7 Å². The summed E-state index contributed by atoms with van der Waals surface area (Å²) in [4.78, 5) is 2.45. The van der Waals surface area contributed by atoms with Gasteiger partial charge in [-0.05, 0) is 42.5 Å². The summed E-state index contributed by atoms with van der Waals surface area (Å²) in [5, 5.41) is 10.4. The van der Waals surface area contributed by atoms with Gasteiger partial charge in [0.25, 0.3) is 0 Å². The van der Waals surface area contributed by atoms with Crippen molar-refractivity contribution in [1.29, 1.82) is 0 Å². The van der Waals surface area contributed by atoms with E-state index in [1.807, 2.05) is 0 Å². The van der Waals surface area contributed by atoms with Gasteiger partial charge in [0.15, 0.2) is 0 Å². The van der Waals surface area contributed by atoms with Gasteiger partial charge in [-0.15, -0.1) is 0 Å². The molecule has 0 amide bonds. The van der Waals surface area contributed by atoms with E-state index in [4.69, 9.17) is 4.74 Å². The van der Waals surface area contributed by atoms with Crippen LogP contribution < -0.4 is 0 Å². The molecule has 0 radical (unpaired) electrons. The van der Waals surface area contributed by atoms with Crippen molar-refractivity contribution in [3.63, 3.8) is 0 Å². The molecule has 2 aliphatic rings. The molecule has 0 saturated carbocycles. The Morgan fingerprint density at radius 1 is 0.833 bits per heavy atom. The van der Waals surface area contributed by atoms with Gasteiger partial charge in [-0.3, -0.25) is 4.90 Å². The lowest BCUT2D eigenvalue weighted by molar-refractivity contribution is -0.0422. The van der Waals surface area contributed by atoms with Gasteiger partial charge in [0.2, 0.25) is 0 Å². The second kappa shape index (κ2) is 7.99. The van der Waals surface area contributed by atoms with E-state index < -0.39 is 5.60 Å². The first-order chi connectivity index (χ1) is 14.7. The molecule has 2 fully saturated rings. The van der Waals surface area contributed by atoms with Crippen LogP contribution >= 0.6 is 0 Å². The van der Waals surface area contributed by atoms with Crippen LogP contribution in [0.3, 0.4) is 0 Å². The highest BCUT2D eigenvalue weighted by Gasteiger charge is 2.50. The highest BCUT2D eigenvalue weighted by Crippen LogP contribution is 2.45. The average Bonchev–Trinajstić information content (AvgIpc) is 3.32. The fraction of sp³-hybridized carbons (Fsp3) is 0.333. The van der Waals surface area contributed by atoms with Gasteiger partial charge in [-0.1, -0.05) is 91.0 Å². The largest absolute Gasteiger partial charge is 0.392 e. The molecular formula is C27H29NO2. The molecule has 3 aromatic rings. The molecule has 1 N–H and O–H groups in total. The first-order valence-corrected chi connectivity index (χ1v) is 11.0. The maximum absolute atomic E-state index is 10.4. The average molecular weight is 400 g/mol. The Morgan fingerprint density at radius 2 is 1.33 bits per heavy atom. The summed E-state index contributed by atoms with van der Waals surface area (Å²) in [6.07, 6.45) is 2.79. The van der Waals surface area contributed by atoms with Gasteiger partial charge in [-0.25, -0.2) is 0 Å². The number of aliphatic hydroxyl groups excluding tert-OH is 1. The highest BCUT2D eigenvalue weighted by molar-refractivity contribution is 5.47. The Kier molecular flexibility index (Phi) is 5.20. The van der Waals surface area contributed by atoms with Crippen molar-refractivity contribution >= 4 is 0 Å². The third kappa shape index (κ3) is 3.27. The number of β-amino-alcohol motifs (C(OH)–C–C–N with tert-alkyl or cyclic N) is 1. The van der Waals surface area contributed by atoms with Crippen LogP contribution in [0.1, 0.15) is 36.0 Å². The van der Waals surface area contributed by atoms with Gasteiger partial charge in [0.05, 0.1) is 12.7 Å².